The molecule has 1 aromatic heterocycles. The van der Waals surface area contributed by atoms with Crippen molar-refractivity contribution >= 4 is 17.6 Å². The molecular weight excluding hydrogens is 372 g/mol. The van der Waals surface area contributed by atoms with Crippen LogP contribution in [-0.2, 0) is 9.53 Å². The fourth-order valence-corrected chi connectivity index (χ4v) is 2.34. The Morgan fingerprint density at radius 2 is 1.89 bits per heavy atom. The smallest absolute Gasteiger partial charge is 0.363 e. The maximum absolute atomic E-state index is 13.5. The third kappa shape index (κ3) is 4.32. The summed E-state index contributed by atoms with van der Waals surface area (Å²) < 4.78 is 38.1. The molecule has 0 aliphatic rings. The Labute approximate surface area is 158 Å². The highest BCUT2D eigenvalue weighted by Crippen LogP contribution is 2.20. The number of carbonyl (C=O) groups excluding carboxylic acids is 2. The van der Waals surface area contributed by atoms with E-state index < -0.39 is 30.1 Å². The van der Waals surface area contributed by atoms with Gasteiger partial charge in [0.25, 0.3) is 5.91 Å². The van der Waals surface area contributed by atoms with Gasteiger partial charge in [-0.15, -0.1) is 0 Å². The number of esters is 1. The number of aromatic nitrogens is 2. The van der Waals surface area contributed by atoms with Crippen molar-refractivity contribution in [3.8, 4) is 11.4 Å². The van der Waals surface area contributed by atoms with Gasteiger partial charge in [-0.25, -0.2) is 18.3 Å². The lowest BCUT2D eigenvalue weighted by Gasteiger charge is -2.07. The van der Waals surface area contributed by atoms with Gasteiger partial charge in [-0.05, 0) is 24.3 Å². The van der Waals surface area contributed by atoms with Gasteiger partial charge in [-0.2, -0.15) is 5.10 Å². The van der Waals surface area contributed by atoms with Crippen LogP contribution in [0.3, 0.4) is 0 Å². The number of hydrogen-bond acceptors (Lipinski definition) is 5. The van der Waals surface area contributed by atoms with Gasteiger partial charge in [0.2, 0.25) is 5.69 Å². The first-order valence-corrected chi connectivity index (χ1v) is 8.09. The molecule has 0 atom stereocenters. The Morgan fingerprint density at radius 3 is 2.61 bits per heavy atom. The number of para-hydroxylation sites is 1. The van der Waals surface area contributed by atoms with Gasteiger partial charge >= 0.3 is 5.97 Å². The molecule has 1 heterocycles. The first-order valence-electron chi connectivity index (χ1n) is 8.09. The van der Waals surface area contributed by atoms with Crippen molar-refractivity contribution in [3.63, 3.8) is 0 Å². The van der Waals surface area contributed by atoms with Crippen LogP contribution in [0.1, 0.15) is 10.5 Å². The van der Waals surface area contributed by atoms with E-state index in [2.05, 4.69) is 10.4 Å². The van der Waals surface area contributed by atoms with Crippen molar-refractivity contribution in [2.24, 2.45) is 0 Å². The van der Waals surface area contributed by atoms with Gasteiger partial charge in [0.05, 0.1) is 24.7 Å². The van der Waals surface area contributed by atoms with Crippen LogP contribution < -0.4 is 10.1 Å². The number of amides is 1. The molecule has 3 aromatic rings. The standard InChI is InChI=1S/C19H15F2N3O4/c1-27-16-10-24(13-5-3-2-4-6-13)23-18(16)19(26)28-11-17(25)22-15-9-12(20)7-8-14(15)21/h2-10H,11H2,1H3,(H,22,25). The van der Waals surface area contributed by atoms with Crippen molar-refractivity contribution in [1.29, 1.82) is 0 Å². The maximum atomic E-state index is 13.5. The highest BCUT2D eigenvalue weighted by molar-refractivity contribution is 5.95. The second kappa shape index (κ2) is 8.30. The predicted molar refractivity (Wildman–Crippen MR) is 95.4 cm³/mol. The Balaban J connectivity index is 1.67. The number of halogens is 2. The summed E-state index contributed by atoms with van der Waals surface area (Å²) in [5, 5.41) is 6.24. The normalized spacial score (nSPS) is 10.4. The molecule has 0 saturated carbocycles. The van der Waals surface area contributed by atoms with Crippen LogP contribution >= 0.6 is 0 Å². The zero-order chi connectivity index (χ0) is 20.1. The summed E-state index contributed by atoms with van der Waals surface area (Å²) in [4.78, 5) is 24.1. The fraction of sp³-hybridized carbons (Fsp3) is 0.105. The number of nitrogens with one attached hydrogen (secondary N) is 1. The average Bonchev–Trinajstić information content (AvgIpc) is 3.14. The quantitative estimate of drug-likeness (QED) is 0.658. The van der Waals surface area contributed by atoms with E-state index in [1.54, 1.807) is 24.3 Å². The summed E-state index contributed by atoms with van der Waals surface area (Å²) in [7, 11) is 1.36. The molecule has 2 aromatic carbocycles. The minimum atomic E-state index is -0.901. The third-order valence-corrected chi connectivity index (χ3v) is 3.65. The SMILES string of the molecule is COc1cn(-c2ccccc2)nc1C(=O)OCC(=O)Nc1cc(F)ccc1F. The monoisotopic (exact) mass is 387 g/mol. The molecule has 0 aliphatic heterocycles. The van der Waals surface area contributed by atoms with E-state index in [-0.39, 0.29) is 17.1 Å². The van der Waals surface area contributed by atoms with Crippen LogP contribution in [0.4, 0.5) is 14.5 Å². The summed E-state index contributed by atoms with van der Waals surface area (Å²) in [6.45, 7) is -0.712. The lowest BCUT2D eigenvalue weighted by Crippen LogP contribution is -2.22. The van der Waals surface area contributed by atoms with E-state index in [0.29, 0.717) is 5.69 Å². The molecule has 3 rings (SSSR count). The van der Waals surface area contributed by atoms with E-state index >= 15 is 0 Å². The Bertz CT molecular complexity index is 1010. The minimum Gasteiger partial charge on any atom is -0.493 e. The molecule has 28 heavy (non-hydrogen) atoms. The van der Waals surface area contributed by atoms with Crippen LogP contribution in [0.15, 0.2) is 54.7 Å². The van der Waals surface area contributed by atoms with Gasteiger partial charge in [0.15, 0.2) is 12.4 Å². The molecule has 144 valence electrons. The summed E-state index contributed by atoms with van der Waals surface area (Å²) >= 11 is 0. The number of methoxy groups -OCH3 is 1. The van der Waals surface area contributed by atoms with Crippen molar-refractivity contribution in [2.75, 3.05) is 19.0 Å². The number of anilines is 1. The topological polar surface area (TPSA) is 82.5 Å². The molecule has 0 radical (unpaired) electrons. The van der Waals surface area contributed by atoms with E-state index in [9.17, 15) is 18.4 Å². The van der Waals surface area contributed by atoms with Gasteiger partial charge in [0, 0.05) is 6.07 Å². The summed E-state index contributed by atoms with van der Waals surface area (Å²) in [6, 6.07) is 11.6. The molecule has 1 amide bonds. The maximum Gasteiger partial charge on any atom is 0.363 e. The van der Waals surface area contributed by atoms with Crippen LogP contribution in [0, 0.1) is 11.6 Å². The number of carbonyl (C=O) groups is 2. The zero-order valence-electron chi connectivity index (χ0n) is 14.7. The molecule has 0 bridgehead atoms. The van der Waals surface area contributed by atoms with Crippen LogP contribution in [-0.4, -0.2) is 35.4 Å². The Kier molecular flexibility index (Phi) is 5.64. The number of hydrogen-bond donors (Lipinski definition) is 1. The summed E-state index contributed by atoms with van der Waals surface area (Å²) in [5.74, 6) is -3.11. The van der Waals surface area contributed by atoms with Gasteiger partial charge in [-0.3, -0.25) is 4.79 Å². The lowest BCUT2D eigenvalue weighted by atomic mass is 10.3. The Morgan fingerprint density at radius 1 is 1.14 bits per heavy atom. The molecular formula is C19H15F2N3O4. The van der Waals surface area contributed by atoms with E-state index in [1.165, 1.54) is 18.0 Å². The molecule has 0 fully saturated rings. The van der Waals surface area contributed by atoms with Crippen molar-refractivity contribution in [3.05, 3.63) is 72.1 Å². The molecule has 9 heteroatoms. The fourth-order valence-electron chi connectivity index (χ4n) is 2.34. The summed E-state index contributed by atoms with van der Waals surface area (Å²) in [6.07, 6.45) is 1.49. The molecule has 1 N–H and O–H groups in total. The second-order valence-corrected chi connectivity index (χ2v) is 5.57. The number of ether oxygens (including phenoxy) is 2. The summed E-state index contributed by atoms with van der Waals surface area (Å²) in [5.41, 5.74) is 0.210. The lowest BCUT2D eigenvalue weighted by molar-refractivity contribution is -0.119. The zero-order valence-corrected chi connectivity index (χ0v) is 14.7. The van der Waals surface area contributed by atoms with Crippen LogP contribution in [0.25, 0.3) is 5.69 Å². The number of benzene rings is 2. The van der Waals surface area contributed by atoms with E-state index in [0.717, 1.165) is 18.2 Å². The number of rotatable bonds is 6. The Hall–Kier alpha value is -3.75. The molecule has 0 aliphatic carbocycles. The molecule has 0 spiro atoms. The third-order valence-electron chi connectivity index (χ3n) is 3.65. The average molecular weight is 387 g/mol. The van der Waals surface area contributed by atoms with Crippen molar-refractivity contribution in [2.45, 2.75) is 0 Å². The highest BCUT2D eigenvalue weighted by atomic mass is 19.1. The van der Waals surface area contributed by atoms with Gasteiger partial charge in [0.1, 0.15) is 11.6 Å². The minimum absolute atomic E-state index is 0.129. The molecule has 7 nitrogen and oxygen atoms in total. The highest BCUT2D eigenvalue weighted by Gasteiger charge is 2.21. The predicted octanol–water partition coefficient (Wildman–Crippen LogP) is 2.95. The first kappa shape index (κ1) is 19.0. The number of nitrogens with zero attached hydrogens (tertiary/aromatic N) is 2. The second-order valence-electron chi connectivity index (χ2n) is 5.57. The molecule has 0 unspecified atom stereocenters. The van der Waals surface area contributed by atoms with Crippen molar-refractivity contribution in [1.82, 2.24) is 9.78 Å². The van der Waals surface area contributed by atoms with Crippen LogP contribution in [0.5, 0.6) is 5.75 Å². The van der Waals surface area contributed by atoms with E-state index in [1.807, 2.05) is 6.07 Å². The van der Waals surface area contributed by atoms with Crippen molar-refractivity contribution < 1.29 is 27.8 Å². The van der Waals surface area contributed by atoms with Gasteiger partial charge in [-0.1, -0.05) is 18.2 Å². The van der Waals surface area contributed by atoms with Crippen LogP contribution in [0.2, 0.25) is 0 Å². The van der Waals surface area contributed by atoms with E-state index in [4.69, 9.17) is 9.47 Å². The molecule has 0 saturated heterocycles. The van der Waals surface area contributed by atoms with Gasteiger partial charge < -0.3 is 14.8 Å². The first-order chi connectivity index (χ1) is 13.5. The largest absolute Gasteiger partial charge is 0.493 e.